The molecular weight excluding hydrogens is 622 g/mol. The summed E-state index contributed by atoms with van der Waals surface area (Å²) in [6, 6.07) is 27.6. The Bertz CT molecular complexity index is 1560. The molecule has 5 rings (SSSR count). The maximum absolute atomic E-state index is 14.5. The summed E-state index contributed by atoms with van der Waals surface area (Å²) in [5.74, 6) is -2.89. The number of aromatic nitrogens is 1. The van der Waals surface area contributed by atoms with Crippen molar-refractivity contribution in [2.75, 3.05) is 19.9 Å². The van der Waals surface area contributed by atoms with Gasteiger partial charge in [-0.15, -0.1) is 0 Å². The zero-order chi connectivity index (χ0) is 32.6. The van der Waals surface area contributed by atoms with Gasteiger partial charge < -0.3 is 9.84 Å². The molecule has 242 valence electrons. The fraction of sp³-hybridized carbons (Fsp3) is 0.294. The van der Waals surface area contributed by atoms with Gasteiger partial charge >= 0.3 is 7.82 Å². The molecule has 1 saturated heterocycles. The minimum absolute atomic E-state index is 0.160. The van der Waals surface area contributed by atoms with E-state index in [2.05, 4.69) is 4.98 Å². The Morgan fingerprint density at radius 2 is 1.43 bits per heavy atom. The summed E-state index contributed by atoms with van der Waals surface area (Å²) in [5, 5.41) is 10.5. The molecule has 3 aromatic carbocycles. The van der Waals surface area contributed by atoms with Crippen molar-refractivity contribution in [1.29, 1.82) is 0 Å². The molecule has 2 atom stereocenters. The number of carbonyl (C=O) groups is 1. The summed E-state index contributed by atoms with van der Waals surface area (Å²) >= 11 is 0. The van der Waals surface area contributed by atoms with E-state index in [1.165, 1.54) is 0 Å². The first-order valence-electron chi connectivity index (χ1n) is 14.6. The van der Waals surface area contributed by atoms with Crippen LogP contribution in [0, 0.1) is 5.92 Å². The van der Waals surface area contributed by atoms with Gasteiger partial charge in [0.15, 0.2) is 11.4 Å². The summed E-state index contributed by atoms with van der Waals surface area (Å²) in [4.78, 5) is 16.4. The Hall–Kier alpha value is -3.70. The second-order valence-corrected chi connectivity index (χ2v) is 12.6. The van der Waals surface area contributed by atoms with E-state index in [1.54, 1.807) is 103 Å². The number of alkyl halides is 3. The van der Waals surface area contributed by atoms with Crippen molar-refractivity contribution in [2.45, 2.75) is 37.8 Å². The van der Waals surface area contributed by atoms with Crippen LogP contribution in [-0.2, 0) is 46.5 Å². The molecule has 1 aliphatic heterocycles. The molecule has 4 aromatic rings. The molecule has 1 aromatic heterocycles. The quantitative estimate of drug-likeness (QED) is 0.125. The minimum atomic E-state index is -4.50. The molecule has 0 radical (unpaired) electrons. The van der Waals surface area contributed by atoms with E-state index in [4.69, 9.17) is 18.3 Å². The predicted octanol–water partition coefficient (Wildman–Crippen LogP) is 7.38. The van der Waals surface area contributed by atoms with Crippen molar-refractivity contribution in [3.63, 3.8) is 0 Å². The van der Waals surface area contributed by atoms with E-state index in [-0.39, 0.29) is 32.0 Å². The first-order chi connectivity index (χ1) is 22.2. The number of halogens is 3. The van der Waals surface area contributed by atoms with Crippen LogP contribution in [0.1, 0.15) is 34.9 Å². The lowest BCUT2D eigenvalue weighted by Gasteiger charge is -2.35. The van der Waals surface area contributed by atoms with Crippen LogP contribution in [-0.4, -0.2) is 42.2 Å². The molecule has 0 amide bonds. The van der Waals surface area contributed by atoms with Gasteiger partial charge in [0, 0.05) is 24.1 Å². The highest BCUT2D eigenvalue weighted by atomic mass is 31.2. The van der Waals surface area contributed by atoms with Crippen molar-refractivity contribution in [1.82, 2.24) is 4.98 Å². The normalized spacial score (nSPS) is 15.7. The number of phosphoric ester groups is 1. The van der Waals surface area contributed by atoms with Gasteiger partial charge in [0.05, 0.1) is 38.8 Å². The summed E-state index contributed by atoms with van der Waals surface area (Å²) in [7, 11) is -4.50. The van der Waals surface area contributed by atoms with Gasteiger partial charge in [-0.3, -0.25) is 27.7 Å². The third kappa shape index (κ3) is 8.55. The highest BCUT2D eigenvalue weighted by Crippen LogP contribution is 2.56. The number of ether oxygens (including phenoxy) is 1. The van der Waals surface area contributed by atoms with Crippen molar-refractivity contribution < 1.29 is 45.9 Å². The van der Waals surface area contributed by atoms with E-state index < -0.39 is 50.7 Å². The van der Waals surface area contributed by atoms with E-state index >= 15 is 0 Å². The van der Waals surface area contributed by atoms with Crippen LogP contribution in [0.4, 0.5) is 13.2 Å². The topological polar surface area (TPSA) is 104 Å². The standard InChI is InChI=1S/C34H33F3NO7P/c35-18-29(17-30(39)33(36)37)32(27-13-11-26(12-14-27)28-15-16-31(38-19-28)34(40)22-42-23-34)45-46(41,43-20-24-7-3-1-4-8-24)44-21-25-9-5-2-6-10-25/h1-16,19,29,32-33,40H,17-18,20-23H2/t29-,32-/m1/s1. The van der Waals surface area contributed by atoms with E-state index in [0.29, 0.717) is 27.9 Å². The van der Waals surface area contributed by atoms with Gasteiger partial charge in [-0.05, 0) is 28.3 Å². The predicted molar refractivity (Wildman–Crippen MR) is 163 cm³/mol. The number of rotatable bonds is 16. The Labute approximate surface area is 264 Å². The highest BCUT2D eigenvalue weighted by molar-refractivity contribution is 7.48. The lowest BCUT2D eigenvalue weighted by Crippen LogP contribution is -2.47. The van der Waals surface area contributed by atoms with Crippen LogP contribution < -0.4 is 0 Å². The number of Topliss-reactive ketones (excluding diaryl/α,β-unsaturated/α-hetero) is 1. The number of ketones is 1. The average molecular weight is 656 g/mol. The lowest BCUT2D eigenvalue weighted by atomic mass is 9.91. The number of hydrogen-bond donors (Lipinski definition) is 1. The van der Waals surface area contributed by atoms with E-state index in [1.807, 2.05) is 0 Å². The SMILES string of the molecule is O=C(C[C@H](CF)[C@H](OP(=O)(OCc1ccccc1)OCc1ccccc1)c1ccc(-c2ccc(C3(O)COC3)nc2)cc1)C(F)F. The maximum atomic E-state index is 14.5. The van der Waals surface area contributed by atoms with Gasteiger partial charge in [0.1, 0.15) is 6.10 Å². The lowest BCUT2D eigenvalue weighted by molar-refractivity contribution is -0.186. The van der Waals surface area contributed by atoms with Gasteiger partial charge in [-0.2, -0.15) is 0 Å². The number of hydrogen-bond acceptors (Lipinski definition) is 8. The highest BCUT2D eigenvalue weighted by Gasteiger charge is 2.40. The maximum Gasteiger partial charge on any atom is 0.476 e. The van der Waals surface area contributed by atoms with Gasteiger partial charge in [0.25, 0.3) is 6.43 Å². The van der Waals surface area contributed by atoms with E-state index in [0.717, 1.165) is 0 Å². The number of aliphatic hydroxyl groups is 1. The van der Waals surface area contributed by atoms with Crippen LogP contribution in [0.3, 0.4) is 0 Å². The zero-order valence-electron chi connectivity index (χ0n) is 24.7. The molecule has 1 fully saturated rings. The van der Waals surface area contributed by atoms with Gasteiger partial charge in [-0.1, -0.05) is 91.0 Å². The Morgan fingerprint density at radius 3 is 1.89 bits per heavy atom. The van der Waals surface area contributed by atoms with Gasteiger partial charge in [0.2, 0.25) is 0 Å². The molecule has 1 aliphatic rings. The Balaban J connectivity index is 1.43. The molecule has 0 saturated carbocycles. The summed E-state index contributed by atoms with van der Waals surface area (Å²) in [6.45, 7) is -1.27. The molecule has 1 N–H and O–H groups in total. The monoisotopic (exact) mass is 655 g/mol. The first kappa shape index (κ1) is 33.7. The summed E-state index contributed by atoms with van der Waals surface area (Å²) in [6.07, 6.45) is -4.04. The minimum Gasteiger partial charge on any atom is -0.379 e. The second kappa shape index (κ2) is 15.3. The Morgan fingerprint density at radius 1 is 0.870 bits per heavy atom. The van der Waals surface area contributed by atoms with Crippen LogP contribution in [0.15, 0.2) is 103 Å². The molecule has 0 bridgehead atoms. The van der Waals surface area contributed by atoms with Crippen LogP contribution in [0.2, 0.25) is 0 Å². The molecule has 12 heteroatoms. The fourth-order valence-corrected chi connectivity index (χ4v) is 6.23. The number of carbonyl (C=O) groups excluding carboxylic acids is 1. The number of phosphoric acid groups is 1. The van der Waals surface area contributed by atoms with Crippen molar-refractivity contribution in [3.8, 4) is 11.1 Å². The van der Waals surface area contributed by atoms with Gasteiger partial charge in [-0.25, -0.2) is 13.3 Å². The van der Waals surface area contributed by atoms with Crippen LogP contribution in [0.5, 0.6) is 0 Å². The molecule has 0 aliphatic carbocycles. The van der Waals surface area contributed by atoms with Crippen molar-refractivity contribution in [2.24, 2.45) is 5.92 Å². The number of nitrogens with zero attached hydrogens (tertiary/aromatic N) is 1. The van der Waals surface area contributed by atoms with Crippen LogP contribution >= 0.6 is 7.82 Å². The third-order valence-corrected chi connectivity index (χ3v) is 8.91. The zero-order valence-corrected chi connectivity index (χ0v) is 25.6. The fourth-order valence-electron chi connectivity index (χ4n) is 4.85. The summed E-state index contributed by atoms with van der Waals surface area (Å²) < 4.78 is 77.6. The largest absolute Gasteiger partial charge is 0.476 e. The molecular formula is C34H33F3NO7P. The number of benzene rings is 3. The second-order valence-electron chi connectivity index (χ2n) is 11.0. The summed E-state index contributed by atoms with van der Waals surface area (Å²) in [5.41, 5.74) is 2.33. The van der Waals surface area contributed by atoms with Crippen LogP contribution in [0.25, 0.3) is 11.1 Å². The number of pyridine rings is 1. The Kier molecular flexibility index (Phi) is 11.2. The van der Waals surface area contributed by atoms with Crippen molar-refractivity contribution >= 4 is 13.6 Å². The molecule has 46 heavy (non-hydrogen) atoms. The molecule has 0 spiro atoms. The molecule has 8 nitrogen and oxygen atoms in total. The smallest absolute Gasteiger partial charge is 0.379 e. The third-order valence-electron chi connectivity index (χ3n) is 7.53. The van der Waals surface area contributed by atoms with E-state index in [9.17, 15) is 27.6 Å². The molecule has 2 heterocycles. The first-order valence-corrected chi connectivity index (χ1v) is 16.0. The van der Waals surface area contributed by atoms with Crippen molar-refractivity contribution in [3.05, 3.63) is 126 Å². The molecule has 0 unspecified atom stereocenters. The average Bonchev–Trinajstić information content (AvgIpc) is 3.08.